The lowest BCUT2D eigenvalue weighted by Crippen LogP contribution is -2.28. The van der Waals surface area contributed by atoms with E-state index in [9.17, 15) is 10.1 Å². The van der Waals surface area contributed by atoms with Gasteiger partial charge in [0.15, 0.2) is 0 Å². The highest BCUT2D eigenvalue weighted by Gasteiger charge is 2.16. The average Bonchev–Trinajstić information content (AvgIpc) is 2.43. The maximum absolute atomic E-state index is 10.9. The molecule has 106 valence electrons. The van der Waals surface area contributed by atoms with Crippen molar-refractivity contribution in [3.63, 3.8) is 0 Å². The molecule has 0 aliphatic carbocycles. The maximum atomic E-state index is 10.9. The number of rotatable bonds is 7. The lowest BCUT2D eigenvalue weighted by Gasteiger charge is -2.26. The molecule has 0 spiro atoms. The third-order valence-corrected chi connectivity index (χ3v) is 3.67. The van der Waals surface area contributed by atoms with Crippen molar-refractivity contribution in [1.82, 2.24) is 0 Å². The highest BCUT2D eigenvalue weighted by molar-refractivity contribution is 6.17. The molecule has 0 amide bonds. The van der Waals surface area contributed by atoms with Gasteiger partial charge in [0.25, 0.3) is 5.69 Å². The average molecular weight is 285 g/mol. The number of hydrogen-bond donors (Lipinski definition) is 0. The Morgan fingerprint density at radius 3 is 2.58 bits per heavy atom. The van der Waals surface area contributed by atoms with E-state index in [-0.39, 0.29) is 16.5 Å². The number of nitro groups is 1. The molecule has 0 aromatic heterocycles. The number of benzene rings is 1. The van der Waals surface area contributed by atoms with Gasteiger partial charge in [0.05, 0.1) is 10.8 Å². The Morgan fingerprint density at radius 1 is 1.42 bits per heavy atom. The number of anilines is 1. The zero-order valence-corrected chi connectivity index (χ0v) is 12.5. The number of nitro benzene ring substituents is 1. The summed E-state index contributed by atoms with van der Waals surface area (Å²) in [5.41, 5.74) is 1.68. The van der Waals surface area contributed by atoms with Crippen molar-refractivity contribution in [2.24, 2.45) is 5.92 Å². The summed E-state index contributed by atoms with van der Waals surface area (Å²) < 4.78 is 0. The second-order valence-electron chi connectivity index (χ2n) is 4.76. The van der Waals surface area contributed by atoms with E-state index in [0.717, 1.165) is 25.2 Å². The van der Waals surface area contributed by atoms with Gasteiger partial charge in [0.2, 0.25) is 0 Å². The monoisotopic (exact) mass is 284 g/mol. The molecule has 0 heterocycles. The van der Waals surface area contributed by atoms with Gasteiger partial charge in [-0.05, 0) is 25.0 Å². The van der Waals surface area contributed by atoms with E-state index in [1.807, 2.05) is 6.07 Å². The molecular formula is C14H21ClN2O2. The molecule has 0 bridgehead atoms. The lowest BCUT2D eigenvalue weighted by atomic mass is 10.1. The summed E-state index contributed by atoms with van der Waals surface area (Å²) in [6, 6.07) is 5.18. The molecule has 1 unspecified atom stereocenters. The van der Waals surface area contributed by atoms with Crippen LogP contribution in [-0.2, 0) is 5.88 Å². The van der Waals surface area contributed by atoms with Gasteiger partial charge in [-0.15, -0.1) is 11.6 Å². The van der Waals surface area contributed by atoms with E-state index in [2.05, 4.69) is 25.7 Å². The first-order valence-electron chi connectivity index (χ1n) is 6.61. The fourth-order valence-corrected chi connectivity index (χ4v) is 2.19. The Balaban J connectivity index is 3.02. The van der Waals surface area contributed by atoms with Crippen LogP contribution in [0, 0.1) is 16.0 Å². The smallest absolute Gasteiger partial charge is 0.273 e. The Labute approximate surface area is 119 Å². The van der Waals surface area contributed by atoms with E-state index < -0.39 is 0 Å². The van der Waals surface area contributed by atoms with Crippen molar-refractivity contribution in [3.8, 4) is 0 Å². The van der Waals surface area contributed by atoms with Crippen LogP contribution in [0.5, 0.6) is 0 Å². The summed E-state index contributed by atoms with van der Waals surface area (Å²) >= 11 is 5.81. The predicted molar refractivity (Wildman–Crippen MR) is 80.0 cm³/mol. The predicted octanol–water partition coefficient (Wildman–Crippen LogP) is 4.21. The number of hydrogen-bond acceptors (Lipinski definition) is 3. The highest BCUT2D eigenvalue weighted by Crippen LogP contribution is 2.27. The molecule has 0 radical (unpaired) electrons. The normalized spacial score (nSPS) is 12.2. The molecule has 19 heavy (non-hydrogen) atoms. The molecule has 4 nitrogen and oxygen atoms in total. The number of alkyl halides is 1. The van der Waals surface area contributed by atoms with Crippen molar-refractivity contribution in [2.75, 3.05) is 18.0 Å². The molecule has 0 N–H and O–H groups in total. The van der Waals surface area contributed by atoms with Gasteiger partial charge >= 0.3 is 0 Å². The van der Waals surface area contributed by atoms with Crippen LogP contribution in [0.15, 0.2) is 18.2 Å². The van der Waals surface area contributed by atoms with Crippen molar-refractivity contribution in [1.29, 1.82) is 0 Å². The molecule has 0 saturated heterocycles. The molecule has 0 aliphatic heterocycles. The van der Waals surface area contributed by atoms with Gasteiger partial charge in [-0.25, -0.2) is 0 Å². The van der Waals surface area contributed by atoms with Crippen LogP contribution in [0.25, 0.3) is 0 Å². The fraction of sp³-hybridized carbons (Fsp3) is 0.571. The molecule has 1 atom stereocenters. The fourth-order valence-electron chi connectivity index (χ4n) is 1.98. The van der Waals surface area contributed by atoms with Crippen LogP contribution in [0.3, 0.4) is 0 Å². The lowest BCUT2D eigenvalue weighted by molar-refractivity contribution is -0.385. The SMILES string of the molecule is CCC(C)CN(CC)c1ccc([N+](=O)[O-])c(CCl)c1. The van der Waals surface area contributed by atoms with E-state index in [4.69, 9.17) is 11.6 Å². The summed E-state index contributed by atoms with van der Waals surface area (Å²) in [5.74, 6) is 0.750. The maximum Gasteiger partial charge on any atom is 0.273 e. The Bertz CT molecular complexity index is 437. The molecule has 1 aromatic carbocycles. The molecule has 1 rings (SSSR count). The van der Waals surface area contributed by atoms with E-state index >= 15 is 0 Å². The summed E-state index contributed by atoms with van der Waals surface area (Å²) in [4.78, 5) is 12.7. The largest absolute Gasteiger partial charge is 0.372 e. The standard InChI is InChI=1S/C14H21ClN2O2/c1-4-11(3)10-16(5-2)13-6-7-14(17(18)19)12(8-13)9-15/h6-8,11H,4-5,9-10H2,1-3H3. The second-order valence-corrected chi connectivity index (χ2v) is 5.02. The first-order chi connectivity index (χ1) is 9.03. The minimum atomic E-state index is -0.382. The minimum absolute atomic E-state index is 0.0957. The van der Waals surface area contributed by atoms with Crippen LogP contribution < -0.4 is 4.90 Å². The van der Waals surface area contributed by atoms with Crippen LogP contribution >= 0.6 is 11.6 Å². The summed E-state index contributed by atoms with van der Waals surface area (Å²) in [7, 11) is 0. The molecule has 0 saturated carbocycles. The van der Waals surface area contributed by atoms with Crippen molar-refractivity contribution >= 4 is 23.0 Å². The highest BCUT2D eigenvalue weighted by atomic mass is 35.5. The molecule has 0 aliphatic rings. The van der Waals surface area contributed by atoms with E-state index in [0.29, 0.717) is 11.5 Å². The first kappa shape index (κ1) is 15.8. The van der Waals surface area contributed by atoms with Crippen LogP contribution in [-0.4, -0.2) is 18.0 Å². The summed E-state index contributed by atoms with van der Waals surface area (Å²) in [6.07, 6.45) is 1.12. The van der Waals surface area contributed by atoms with Gasteiger partial charge in [0, 0.05) is 30.4 Å². The third-order valence-electron chi connectivity index (χ3n) is 3.38. The van der Waals surface area contributed by atoms with E-state index in [1.165, 1.54) is 0 Å². The van der Waals surface area contributed by atoms with Gasteiger partial charge in [-0.1, -0.05) is 20.3 Å². The van der Waals surface area contributed by atoms with Crippen molar-refractivity contribution in [2.45, 2.75) is 33.1 Å². The zero-order valence-electron chi connectivity index (χ0n) is 11.7. The topological polar surface area (TPSA) is 46.4 Å². The quantitative estimate of drug-likeness (QED) is 0.428. The molecular weight excluding hydrogens is 264 g/mol. The van der Waals surface area contributed by atoms with Crippen molar-refractivity contribution in [3.05, 3.63) is 33.9 Å². The van der Waals surface area contributed by atoms with Crippen molar-refractivity contribution < 1.29 is 4.92 Å². The Hall–Kier alpha value is -1.29. The molecule has 5 heteroatoms. The van der Waals surface area contributed by atoms with Gasteiger partial charge < -0.3 is 4.90 Å². The summed E-state index contributed by atoms with van der Waals surface area (Å²) in [6.45, 7) is 8.29. The minimum Gasteiger partial charge on any atom is -0.372 e. The number of nitrogens with zero attached hydrogens (tertiary/aromatic N) is 2. The second kappa shape index (κ2) is 7.34. The Kier molecular flexibility index (Phi) is 6.09. The summed E-state index contributed by atoms with van der Waals surface area (Å²) in [5, 5.41) is 10.9. The van der Waals surface area contributed by atoms with Crippen LogP contribution in [0.2, 0.25) is 0 Å². The molecule has 1 aromatic rings. The Morgan fingerprint density at radius 2 is 2.11 bits per heavy atom. The molecule has 0 fully saturated rings. The van der Waals surface area contributed by atoms with E-state index in [1.54, 1.807) is 12.1 Å². The zero-order chi connectivity index (χ0) is 14.4. The third kappa shape index (κ3) is 4.10. The van der Waals surface area contributed by atoms with Gasteiger partial charge in [-0.2, -0.15) is 0 Å². The van der Waals surface area contributed by atoms with Crippen LogP contribution in [0.1, 0.15) is 32.8 Å². The number of halogens is 1. The first-order valence-corrected chi connectivity index (χ1v) is 7.15. The van der Waals surface area contributed by atoms with Gasteiger partial charge in [0.1, 0.15) is 0 Å². The van der Waals surface area contributed by atoms with Crippen LogP contribution in [0.4, 0.5) is 11.4 Å². The van der Waals surface area contributed by atoms with Gasteiger partial charge in [-0.3, -0.25) is 10.1 Å².